The first kappa shape index (κ1) is 22.1. The number of H-pyrrole nitrogens is 2. The summed E-state index contributed by atoms with van der Waals surface area (Å²) in [5.41, 5.74) is 16.1. The summed E-state index contributed by atoms with van der Waals surface area (Å²) in [6.45, 7) is 2.01. The van der Waals surface area contributed by atoms with Crippen molar-refractivity contribution in [1.82, 2.24) is 9.97 Å². The molecule has 31 heavy (non-hydrogen) atoms. The highest BCUT2D eigenvalue weighted by molar-refractivity contribution is 5.85. The summed E-state index contributed by atoms with van der Waals surface area (Å²) >= 11 is 0. The number of rotatable bonds is 6. The van der Waals surface area contributed by atoms with Crippen molar-refractivity contribution in [3.8, 4) is 0 Å². The van der Waals surface area contributed by atoms with E-state index in [1.54, 1.807) is 0 Å². The van der Waals surface area contributed by atoms with Crippen LogP contribution in [-0.4, -0.2) is 44.2 Å². The second-order valence-corrected chi connectivity index (χ2v) is 7.52. The summed E-state index contributed by atoms with van der Waals surface area (Å²) in [7, 11) is 0. The third kappa shape index (κ3) is 5.30. The molecule has 4 aromatic rings. The molecule has 0 amide bonds. The molecule has 2 atom stereocenters. The number of para-hydroxylation sites is 1. The fraction of sp³-hybridized carbons (Fsp3) is 0.217. The fourth-order valence-electron chi connectivity index (χ4n) is 3.41. The summed E-state index contributed by atoms with van der Waals surface area (Å²) < 4.78 is 0. The molecule has 2 aromatic carbocycles. The smallest absolute Gasteiger partial charge is 0.320 e. The highest BCUT2D eigenvalue weighted by Crippen LogP contribution is 2.21. The number of fused-ring (bicyclic) bond motifs is 2. The van der Waals surface area contributed by atoms with Gasteiger partial charge in [0.2, 0.25) is 0 Å². The molecular formula is C23H26N4O4. The van der Waals surface area contributed by atoms with E-state index < -0.39 is 24.0 Å². The quantitative estimate of drug-likeness (QED) is 0.280. The van der Waals surface area contributed by atoms with Crippen LogP contribution in [0.25, 0.3) is 21.8 Å². The average Bonchev–Trinajstić information content (AvgIpc) is 3.32. The van der Waals surface area contributed by atoms with Gasteiger partial charge in [-0.15, -0.1) is 0 Å². The van der Waals surface area contributed by atoms with Gasteiger partial charge < -0.3 is 31.6 Å². The maximum absolute atomic E-state index is 10.7. The zero-order chi connectivity index (χ0) is 22.5. The lowest BCUT2D eigenvalue weighted by atomic mass is 10.0. The minimum Gasteiger partial charge on any atom is -0.480 e. The molecule has 0 aliphatic carbocycles. The molecule has 0 fully saturated rings. The Kier molecular flexibility index (Phi) is 6.74. The minimum absolute atomic E-state index is 0.346. The van der Waals surface area contributed by atoms with Crippen molar-refractivity contribution in [3.63, 3.8) is 0 Å². The minimum atomic E-state index is -0.972. The van der Waals surface area contributed by atoms with E-state index in [0.29, 0.717) is 12.8 Å². The number of aryl methyl sites for hydroxylation is 1. The first-order valence-corrected chi connectivity index (χ1v) is 9.84. The third-order valence-electron chi connectivity index (χ3n) is 5.11. The average molecular weight is 422 g/mol. The molecule has 8 nitrogen and oxygen atoms in total. The van der Waals surface area contributed by atoms with Crippen molar-refractivity contribution in [3.05, 3.63) is 71.5 Å². The van der Waals surface area contributed by atoms with Gasteiger partial charge >= 0.3 is 11.9 Å². The summed E-state index contributed by atoms with van der Waals surface area (Å²) in [6.07, 6.45) is 4.33. The van der Waals surface area contributed by atoms with Crippen LogP contribution in [0.2, 0.25) is 0 Å². The van der Waals surface area contributed by atoms with Gasteiger partial charge in [0.05, 0.1) is 0 Å². The SMILES string of the molecule is Cc1ccc2[nH]cc(C[C@H](N)C(=O)O)c2c1.N[C@@H](Cc1c[nH]c2ccccc12)C(=O)O. The Bertz CT molecular complexity index is 1210. The topological polar surface area (TPSA) is 158 Å². The summed E-state index contributed by atoms with van der Waals surface area (Å²) in [4.78, 5) is 27.5. The normalized spacial score (nSPS) is 12.9. The molecule has 0 spiro atoms. The molecule has 0 aliphatic rings. The molecule has 8 heteroatoms. The van der Waals surface area contributed by atoms with Crippen LogP contribution in [0.1, 0.15) is 16.7 Å². The highest BCUT2D eigenvalue weighted by atomic mass is 16.4. The van der Waals surface area contributed by atoms with E-state index in [9.17, 15) is 9.59 Å². The zero-order valence-electron chi connectivity index (χ0n) is 17.1. The lowest BCUT2D eigenvalue weighted by Gasteiger charge is -2.05. The van der Waals surface area contributed by atoms with E-state index in [4.69, 9.17) is 21.7 Å². The number of hydrogen-bond donors (Lipinski definition) is 6. The van der Waals surface area contributed by atoms with E-state index in [2.05, 4.69) is 9.97 Å². The van der Waals surface area contributed by atoms with E-state index in [1.807, 2.05) is 61.8 Å². The molecule has 0 saturated carbocycles. The Morgan fingerprint density at radius 1 is 0.839 bits per heavy atom. The maximum atomic E-state index is 10.7. The van der Waals surface area contributed by atoms with Crippen LogP contribution < -0.4 is 11.5 Å². The lowest BCUT2D eigenvalue weighted by Crippen LogP contribution is -2.32. The molecule has 8 N–H and O–H groups in total. The van der Waals surface area contributed by atoms with Gasteiger partial charge in [-0.25, -0.2) is 0 Å². The fourth-order valence-corrected chi connectivity index (χ4v) is 3.41. The predicted molar refractivity (Wildman–Crippen MR) is 120 cm³/mol. The number of aromatic nitrogens is 2. The molecule has 2 heterocycles. The largest absolute Gasteiger partial charge is 0.480 e. The number of aromatic amines is 2. The zero-order valence-corrected chi connectivity index (χ0v) is 17.1. The summed E-state index contributed by atoms with van der Waals surface area (Å²) in [6, 6.07) is 12.1. The van der Waals surface area contributed by atoms with E-state index in [-0.39, 0.29) is 0 Å². The summed E-state index contributed by atoms with van der Waals surface area (Å²) in [5, 5.41) is 19.6. The van der Waals surface area contributed by atoms with Gasteiger partial charge in [0.15, 0.2) is 0 Å². The van der Waals surface area contributed by atoms with E-state index in [0.717, 1.165) is 38.5 Å². The van der Waals surface area contributed by atoms with Crippen LogP contribution in [0.3, 0.4) is 0 Å². The Labute approximate surface area is 178 Å². The lowest BCUT2D eigenvalue weighted by molar-refractivity contribution is -0.139. The summed E-state index contributed by atoms with van der Waals surface area (Å²) in [5.74, 6) is -1.94. The van der Waals surface area contributed by atoms with Crippen LogP contribution >= 0.6 is 0 Å². The molecule has 0 unspecified atom stereocenters. The molecule has 0 saturated heterocycles. The van der Waals surface area contributed by atoms with Crippen molar-refractivity contribution < 1.29 is 19.8 Å². The van der Waals surface area contributed by atoms with Gasteiger partial charge in [-0.3, -0.25) is 9.59 Å². The van der Waals surface area contributed by atoms with Crippen molar-refractivity contribution in [2.45, 2.75) is 31.8 Å². The Hall–Kier alpha value is -3.62. The molecular weight excluding hydrogens is 396 g/mol. The van der Waals surface area contributed by atoms with Crippen LogP contribution in [-0.2, 0) is 22.4 Å². The number of nitrogens with two attached hydrogens (primary N) is 2. The van der Waals surface area contributed by atoms with Crippen molar-refractivity contribution in [1.29, 1.82) is 0 Å². The second-order valence-electron chi connectivity index (χ2n) is 7.52. The van der Waals surface area contributed by atoms with Gasteiger partial charge in [-0.05, 0) is 36.2 Å². The van der Waals surface area contributed by atoms with Crippen LogP contribution in [0, 0.1) is 6.92 Å². The monoisotopic (exact) mass is 422 g/mol. The highest BCUT2D eigenvalue weighted by Gasteiger charge is 2.15. The van der Waals surface area contributed by atoms with Gasteiger partial charge in [0.25, 0.3) is 0 Å². The standard InChI is InChI=1S/C12H14N2O2.C11H12N2O2/c1-7-2-3-11-9(4-7)8(6-14-11)5-10(13)12(15)16;12-9(11(14)15)5-7-6-13-10-4-2-1-3-8(7)10/h2-4,6,10,14H,5,13H2,1H3,(H,15,16);1-4,6,9,13H,5,12H2,(H,14,15)/t10-;9-/m00/s1. The number of carboxylic acid groups (broad SMARTS) is 2. The number of carbonyl (C=O) groups is 2. The van der Waals surface area contributed by atoms with Gasteiger partial charge in [-0.1, -0.05) is 29.8 Å². The Morgan fingerprint density at radius 2 is 1.35 bits per heavy atom. The molecule has 0 bridgehead atoms. The van der Waals surface area contributed by atoms with E-state index in [1.165, 1.54) is 0 Å². The number of aliphatic carboxylic acids is 2. The maximum Gasteiger partial charge on any atom is 0.320 e. The second kappa shape index (κ2) is 9.46. The number of hydrogen-bond acceptors (Lipinski definition) is 4. The molecule has 4 rings (SSSR count). The third-order valence-corrected chi connectivity index (χ3v) is 5.11. The van der Waals surface area contributed by atoms with Crippen LogP contribution in [0.5, 0.6) is 0 Å². The van der Waals surface area contributed by atoms with E-state index >= 15 is 0 Å². The van der Waals surface area contributed by atoms with Crippen LogP contribution in [0.4, 0.5) is 0 Å². The molecule has 0 aliphatic heterocycles. The van der Waals surface area contributed by atoms with Gasteiger partial charge in [-0.2, -0.15) is 0 Å². The molecule has 2 aromatic heterocycles. The van der Waals surface area contributed by atoms with Gasteiger partial charge in [0.1, 0.15) is 12.1 Å². The van der Waals surface area contributed by atoms with Crippen molar-refractivity contribution >= 4 is 33.7 Å². The van der Waals surface area contributed by atoms with Crippen LogP contribution in [0.15, 0.2) is 54.9 Å². The number of carboxylic acids is 2. The first-order valence-electron chi connectivity index (χ1n) is 9.84. The first-order chi connectivity index (χ1) is 14.8. The van der Waals surface area contributed by atoms with Crippen molar-refractivity contribution in [2.75, 3.05) is 0 Å². The Morgan fingerprint density at radius 3 is 1.94 bits per heavy atom. The van der Waals surface area contributed by atoms with Crippen molar-refractivity contribution in [2.24, 2.45) is 11.5 Å². The Balaban J connectivity index is 0.000000176. The predicted octanol–water partition coefficient (Wildman–Crippen LogP) is 2.55. The molecule has 162 valence electrons. The molecule has 0 radical (unpaired) electrons. The number of benzene rings is 2. The number of nitrogens with one attached hydrogen (secondary N) is 2. The van der Waals surface area contributed by atoms with Gasteiger partial charge in [0, 0.05) is 47.0 Å².